The molecule has 5 aromatic rings. The zero-order valence-corrected chi connectivity index (χ0v) is 19.1. The molecular weight excluding hydrogens is 492 g/mol. The Labute approximate surface area is 206 Å². The molecule has 0 fully saturated rings. The number of furan rings is 1. The third-order valence-electron chi connectivity index (χ3n) is 4.87. The number of methoxy groups -OCH3 is 1. The SMILES string of the molecule is COc1cc([N+](=O)[O-])ccc1-c1ccc(/C=N\Nc2nc3nonc3nc2Nc2ccc(Cl)cc2)o1. The molecule has 36 heavy (non-hydrogen) atoms. The second kappa shape index (κ2) is 9.68. The Bertz CT molecular complexity index is 1580. The number of nitrogens with zero attached hydrogens (tertiary/aromatic N) is 6. The van der Waals surface area contributed by atoms with Gasteiger partial charge in [0.25, 0.3) is 5.69 Å². The van der Waals surface area contributed by atoms with Crippen LogP contribution in [0.2, 0.25) is 5.02 Å². The minimum absolute atomic E-state index is 0.0865. The van der Waals surface area contributed by atoms with Gasteiger partial charge in [0.05, 0.1) is 29.9 Å². The van der Waals surface area contributed by atoms with Crippen molar-refractivity contribution in [3.8, 4) is 17.1 Å². The Hall–Kier alpha value is -5.04. The summed E-state index contributed by atoms with van der Waals surface area (Å²) in [6.07, 6.45) is 1.43. The number of hydrogen-bond acceptors (Lipinski definition) is 12. The van der Waals surface area contributed by atoms with Gasteiger partial charge >= 0.3 is 0 Å². The van der Waals surface area contributed by atoms with Crippen LogP contribution in [0.15, 0.2) is 68.7 Å². The lowest BCUT2D eigenvalue weighted by Crippen LogP contribution is -2.03. The molecule has 5 rings (SSSR count). The highest BCUT2D eigenvalue weighted by Crippen LogP contribution is 2.34. The van der Waals surface area contributed by atoms with Crippen molar-refractivity contribution in [3.05, 3.63) is 75.5 Å². The molecule has 0 radical (unpaired) electrons. The van der Waals surface area contributed by atoms with E-state index in [1.807, 2.05) is 0 Å². The quantitative estimate of drug-likeness (QED) is 0.164. The minimum atomic E-state index is -0.496. The van der Waals surface area contributed by atoms with E-state index in [-0.39, 0.29) is 22.8 Å². The van der Waals surface area contributed by atoms with Crippen molar-refractivity contribution in [2.45, 2.75) is 0 Å². The molecule has 0 amide bonds. The lowest BCUT2D eigenvalue weighted by molar-refractivity contribution is -0.384. The summed E-state index contributed by atoms with van der Waals surface area (Å²) in [7, 11) is 1.43. The summed E-state index contributed by atoms with van der Waals surface area (Å²) >= 11 is 5.95. The van der Waals surface area contributed by atoms with E-state index < -0.39 is 4.92 Å². The van der Waals surface area contributed by atoms with Gasteiger partial charge in [0.2, 0.25) is 11.3 Å². The number of hydrazone groups is 1. The first-order chi connectivity index (χ1) is 17.5. The van der Waals surface area contributed by atoms with Gasteiger partial charge in [-0.25, -0.2) is 9.61 Å². The molecule has 3 heterocycles. The van der Waals surface area contributed by atoms with E-state index in [1.54, 1.807) is 42.5 Å². The van der Waals surface area contributed by atoms with Crippen molar-refractivity contribution in [2.24, 2.45) is 5.10 Å². The van der Waals surface area contributed by atoms with Gasteiger partial charge in [0.15, 0.2) is 11.6 Å². The van der Waals surface area contributed by atoms with Gasteiger partial charge in [0, 0.05) is 16.8 Å². The number of nitro groups is 1. The first kappa shape index (κ1) is 22.7. The highest BCUT2D eigenvalue weighted by molar-refractivity contribution is 6.30. The Morgan fingerprint density at radius 2 is 1.81 bits per heavy atom. The number of nitro benzene ring substituents is 1. The number of anilines is 3. The zero-order chi connectivity index (χ0) is 25.1. The average molecular weight is 507 g/mol. The molecule has 2 N–H and O–H groups in total. The highest BCUT2D eigenvalue weighted by atomic mass is 35.5. The van der Waals surface area contributed by atoms with Crippen LogP contribution in [0.25, 0.3) is 22.6 Å². The van der Waals surface area contributed by atoms with Gasteiger partial charge in [-0.1, -0.05) is 11.6 Å². The molecule has 0 saturated heterocycles. The third-order valence-corrected chi connectivity index (χ3v) is 5.12. The number of aromatic nitrogens is 4. The van der Waals surface area contributed by atoms with E-state index in [2.05, 4.69) is 36.1 Å². The maximum absolute atomic E-state index is 11.0. The van der Waals surface area contributed by atoms with E-state index in [1.165, 1.54) is 25.5 Å². The van der Waals surface area contributed by atoms with Crippen molar-refractivity contribution < 1.29 is 18.7 Å². The topological polar surface area (TPSA) is 167 Å². The number of rotatable bonds is 8. The number of fused-ring (bicyclic) bond motifs is 1. The molecule has 0 aliphatic heterocycles. The summed E-state index contributed by atoms with van der Waals surface area (Å²) in [5.74, 6) is 1.75. The van der Waals surface area contributed by atoms with E-state index in [0.29, 0.717) is 39.4 Å². The van der Waals surface area contributed by atoms with Gasteiger partial charge < -0.3 is 14.5 Å². The predicted molar refractivity (Wildman–Crippen MR) is 131 cm³/mol. The van der Waals surface area contributed by atoms with Crippen LogP contribution >= 0.6 is 11.6 Å². The molecule has 0 saturated carbocycles. The normalized spacial score (nSPS) is 11.2. The van der Waals surface area contributed by atoms with Crippen LogP contribution in [0.5, 0.6) is 5.75 Å². The standard InChI is InChI=1S/C22H15ClN8O5/c1-34-18-10-14(31(32)33)6-8-16(18)17-9-7-15(35-17)11-24-28-20-19(25-13-4-2-12(23)3-5-13)26-21-22(27-20)30-36-29-21/h2-11H,1H3,(H,25,26,29)(H,27,28,30)/b24-11-. The fourth-order valence-corrected chi connectivity index (χ4v) is 3.32. The van der Waals surface area contributed by atoms with Crippen molar-refractivity contribution >= 4 is 52.1 Å². The van der Waals surface area contributed by atoms with Crippen molar-refractivity contribution in [2.75, 3.05) is 17.9 Å². The summed E-state index contributed by atoms with van der Waals surface area (Å²) < 4.78 is 15.8. The Kier molecular flexibility index (Phi) is 6.11. The molecule has 0 bridgehead atoms. The fraction of sp³-hybridized carbons (Fsp3) is 0.0455. The summed E-state index contributed by atoms with van der Waals surface area (Å²) in [4.78, 5) is 19.2. The molecule has 0 aliphatic rings. The van der Waals surface area contributed by atoms with Crippen molar-refractivity contribution in [1.29, 1.82) is 0 Å². The summed E-state index contributed by atoms with van der Waals surface area (Å²) in [5.41, 5.74) is 4.40. The second-order valence-electron chi connectivity index (χ2n) is 7.18. The van der Waals surface area contributed by atoms with E-state index in [0.717, 1.165) is 0 Å². The van der Waals surface area contributed by atoms with Gasteiger partial charge in [0.1, 0.15) is 17.3 Å². The van der Waals surface area contributed by atoms with E-state index in [9.17, 15) is 10.1 Å². The van der Waals surface area contributed by atoms with Gasteiger partial charge in [-0.15, -0.1) is 0 Å². The lowest BCUT2D eigenvalue weighted by atomic mass is 10.1. The fourth-order valence-electron chi connectivity index (χ4n) is 3.19. The van der Waals surface area contributed by atoms with Crippen molar-refractivity contribution in [3.63, 3.8) is 0 Å². The van der Waals surface area contributed by atoms with Crippen LogP contribution in [0.1, 0.15) is 5.76 Å². The molecule has 2 aromatic carbocycles. The maximum Gasteiger partial charge on any atom is 0.273 e. The molecule has 0 unspecified atom stereocenters. The Morgan fingerprint density at radius 3 is 2.53 bits per heavy atom. The molecule has 13 nitrogen and oxygen atoms in total. The first-order valence-corrected chi connectivity index (χ1v) is 10.6. The number of halogens is 1. The largest absolute Gasteiger partial charge is 0.496 e. The first-order valence-electron chi connectivity index (χ1n) is 10.2. The molecule has 0 spiro atoms. The molecular formula is C22H15ClN8O5. The van der Waals surface area contributed by atoms with Crippen molar-refractivity contribution in [1.82, 2.24) is 20.3 Å². The van der Waals surface area contributed by atoms with Crippen LogP contribution in [0, 0.1) is 10.1 Å². The lowest BCUT2D eigenvalue weighted by Gasteiger charge is -2.09. The monoisotopic (exact) mass is 506 g/mol. The smallest absolute Gasteiger partial charge is 0.273 e. The Balaban J connectivity index is 1.37. The average Bonchev–Trinajstić information content (AvgIpc) is 3.54. The molecule has 0 aliphatic carbocycles. The van der Waals surface area contributed by atoms with Crippen LogP contribution < -0.4 is 15.5 Å². The molecule has 0 atom stereocenters. The van der Waals surface area contributed by atoms with E-state index in [4.69, 9.17) is 25.4 Å². The Morgan fingerprint density at radius 1 is 1.06 bits per heavy atom. The minimum Gasteiger partial charge on any atom is -0.496 e. The van der Waals surface area contributed by atoms with E-state index >= 15 is 0 Å². The second-order valence-corrected chi connectivity index (χ2v) is 7.61. The van der Waals surface area contributed by atoms with Crippen LogP contribution in [-0.2, 0) is 0 Å². The summed E-state index contributed by atoms with van der Waals surface area (Å²) in [5, 5.41) is 26.3. The maximum atomic E-state index is 11.0. The van der Waals surface area contributed by atoms with Crippen LogP contribution in [-0.4, -0.2) is 38.5 Å². The summed E-state index contributed by atoms with van der Waals surface area (Å²) in [6, 6.07) is 14.7. The van der Waals surface area contributed by atoms with Crippen LogP contribution in [0.3, 0.4) is 0 Å². The number of hydrogen-bond donors (Lipinski definition) is 2. The molecule has 3 aromatic heterocycles. The molecule has 180 valence electrons. The predicted octanol–water partition coefficient (Wildman–Crippen LogP) is 5.03. The summed E-state index contributed by atoms with van der Waals surface area (Å²) in [6.45, 7) is 0. The van der Waals surface area contributed by atoms with Gasteiger partial charge in [-0.05, 0) is 52.8 Å². The molecule has 14 heteroatoms. The number of ether oxygens (including phenoxy) is 1. The van der Waals surface area contributed by atoms with Gasteiger partial charge in [-0.3, -0.25) is 15.5 Å². The number of non-ortho nitro benzene ring substituents is 1. The number of benzene rings is 2. The third kappa shape index (κ3) is 4.76. The zero-order valence-electron chi connectivity index (χ0n) is 18.4. The number of nitrogens with one attached hydrogen (secondary N) is 2. The van der Waals surface area contributed by atoms with Crippen LogP contribution in [0.4, 0.5) is 23.0 Å². The van der Waals surface area contributed by atoms with Gasteiger partial charge in [-0.2, -0.15) is 10.1 Å². The highest BCUT2D eigenvalue weighted by Gasteiger charge is 2.16.